The van der Waals surface area contributed by atoms with Gasteiger partial charge in [-0.3, -0.25) is 4.79 Å². The minimum atomic E-state index is -0.686. The molecule has 0 aliphatic carbocycles. The largest absolute Gasteiger partial charge is 0.365 e. The Morgan fingerprint density at radius 3 is 2.36 bits per heavy atom. The summed E-state index contributed by atoms with van der Waals surface area (Å²) in [7, 11) is 0. The van der Waals surface area contributed by atoms with Crippen LogP contribution in [-0.4, -0.2) is 5.91 Å². The molecule has 3 heteroatoms. The van der Waals surface area contributed by atoms with E-state index in [2.05, 4.69) is 0 Å². The van der Waals surface area contributed by atoms with Crippen molar-refractivity contribution < 1.29 is 4.79 Å². The van der Waals surface area contributed by atoms with E-state index in [1.165, 1.54) is 0 Å². The van der Waals surface area contributed by atoms with Crippen LogP contribution >= 0.6 is 0 Å². The normalized spacial score (nSPS) is 11.4. The quantitative estimate of drug-likeness (QED) is 0.561. The van der Waals surface area contributed by atoms with Crippen molar-refractivity contribution in [3.05, 3.63) is 41.5 Å². The van der Waals surface area contributed by atoms with Crippen molar-refractivity contribution in [2.45, 2.75) is 6.92 Å². The molecule has 2 N–H and O–H groups in total. The number of hydrogen-bond acceptors (Lipinski definition) is 2. The minimum Gasteiger partial charge on any atom is -0.365 e. The molecule has 0 aromatic heterocycles. The molecule has 1 rings (SSSR count). The first-order valence-electron chi connectivity index (χ1n) is 4.13. The number of carbonyl (C=O) groups excluding carboxylic acids is 1. The number of hydrogen-bond donors (Lipinski definition) is 1. The number of rotatable bonds is 2. The van der Waals surface area contributed by atoms with Crippen LogP contribution in [0.15, 0.2) is 35.9 Å². The molecule has 0 fully saturated rings. The zero-order valence-electron chi connectivity index (χ0n) is 7.82. The van der Waals surface area contributed by atoms with Crippen LogP contribution in [0.5, 0.6) is 0 Å². The summed E-state index contributed by atoms with van der Waals surface area (Å²) in [5.41, 5.74) is 6.52. The average molecular weight is 186 g/mol. The molecule has 0 saturated carbocycles. The van der Waals surface area contributed by atoms with Gasteiger partial charge in [0.15, 0.2) is 0 Å². The Morgan fingerprint density at radius 1 is 1.36 bits per heavy atom. The van der Waals surface area contributed by atoms with Crippen LogP contribution in [0, 0.1) is 11.3 Å². The lowest BCUT2D eigenvalue weighted by Gasteiger charge is -2.02. The second kappa shape index (κ2) is 4.24. The Morgan fingerprint density at radius 2 is 1.93 bits per heavy atom. The first-order valence-corrected chi connectivity index (χ1v) is 4.13. The number of nitrogens with zero attached hydrogens (tertiary/aromatic N) is 1. The van der Waals surface area contributed by atoms with Crippen molar-refractivity contribution >= 4 is 11.5 Å². The third kappa shape index (κ3) is 1.99. The minimum absolute atomic E-state index is 0.0104. The summed E-state index contributed by atoms with van der Waals surface area (Å²) in [6.07, 6.45) is 0. The molecule has 0 bridgehead atoms. The van der Waals surface area contributed by atoms with E-state index >= 15 is 0 Å². The lowest BCUT2D eigenvalue weighted by molar-refractivity contribution is -0.114. The summed E-state index contributed by atoms with van der Waals surface area (Å²) >= 11 is 0. The van der Waals surface area contributed by atoms with E-state index in [4.69, 9.17) is 11.0 Å². The Hall–Kier alpha value is -2.08. The lowest BCUT2D eigenvalue weighted by atomic mass is 10.0. The summed E-state index contributed by atoms with van der Waals surface area (Å²) in [6.45, 7) is 1.71. The van der Waals surface area contributed by atoms with Gasteiger partial charge in [-0.25, -0.2) is 0 Å². The van der Waals surface area contributed by atoms with E-state index in [-0.39, 0.29) is 5.57 Å². The van der Waals surface area contributed by atoms with E-state index in [1.807, 2.05) is 30.3 Å². The molecule has 0 heterocycles. The van der Waals surface area contributed by atoms with E-state index in [0.29, 0.717) is 5.57 Å². The molecule has 0 aliphatic rings. The predicted molar refractivity (Wildman–Crippen MR) is 53.8 cm³/mol. The Bertz CT molecular complexity index is 413. The molecule has 1 amide bonds. The van der Waals surface area contributed by atoms with Crippen molar-refractivity contribution in [3.8, 4) is 6.07 Å². The fraction of sp³-hybridized carbons (Fsp3) is 0.0909. The first kappa shape index (κ1) is 10.0. The molecule has 1 aromatic rings. The number of primary amides is 1. The summed E-state index contributed by atoms with van der Waals surface area (Å²) in [5.74, 6) is -0.686. The number of amides is 1. The van der Waals surface area contributed by atoms with Gasteiger partial charge in [-0.2, -0.15) is 5.26 Å². The summed E-state index contributed by atoms with van der Waals surface area (Å²) in [4.78, 5) is 10.9. The highest BCUT2D eigenvalue weighted by Gasteiger charge is 2.09. The third-order valence-corrected chi connectivity index (χ3v) is 1.94. The monoisotopic (exact) mass is 186 g/mol. The zero-order chi connectivity index (χ0) is 10.6. The highest BCUT2D eigenvalue weighted by Crippen LogP contribution is 2.16. The number of carbonyl (C=O) groups is 1. The number of nitrogens with two attached hydrogens (primary N) is 1. The number of nitriles is 1. The maximum Gasteiger partial charge on any atom is 0.259 e. The van der Waals surface area contributed by atoms with Gasteiger partial charge < -0.3 is 5.73 Å². The third-order valence-electron chi connectivity index (χ3n) is 1.94. The zero-order valence-corrected chi connectivity index (χ0v) is 7.82. The van der Waals surface area contributed by atoms with Gasteiger partial charge in [0.1, 0.15) is 11.6 Å². The second-order valence-electron chi connectivity index (χ2n) is 2.84. The average Bonchev–Trinajstić information content (AvgIpc) is 2.19. The Balaban J connectivity index is 3.23. The van der Waals surface area contributed by atoms with Crippen molar-refractivity contribution in [2.75, 3.05) is 0 Å². The van der Waals surface area contributed by atoms with Crippen LogP contribution in [0.4, 0.5) is 0 Å². The van der Waals surface area contributed by atoms with Gasteiger partial charge in [-0.05, 0) is 18.1 Å². The molecule has 14 heavy (non-hydrogen) atoms. The van der Waals surface area contributed by atoms with Crippen LogP contribution in [0.25, 0.3) is 5.57 Å². The van der Waals surface area contributed by atoms with Gasteiger partial charge in [0.2, 0.25) is 0 Å². The summed E-state index contributed by atoms with van der Waals surface area (Å²) in [5, 5.41) is 8.72. The van der Waals surface area contributed by atoms with Crippen molar-refractivity contribution in [1.29, 1.82) is 5.26 Å². The van der Waals surface area contributed by atoms with Crippen LogP contribution < -0.4 is 5.73 Å². The fourth-order valence-electron chi connectivity index (χ4n) is 1.16. The SMILES string of the molecule is CC(=C(C#N)C(N)=O)c1ccccc1. The molecule has 0 radical (unpaired) electrons. The fourth-order valence-corrected chi connectivity index (χ4v) is 1.16. The highest BCUT2D eigenvalue weighted by atomic mass is 16.1. The molecule has 0 saturated heterocycles. The van der Waals surface area contributed by atoms with Gasteiger partial charge in [0.05, 0.1) is 0 Å². The van der Waals surface area contributed by atoms with Gasteiger partial charge >= 0.3 is 0 Å². The van der Waals surface area contributed by atoms with Crippen LogP contribution in [0.3, 0.4) is 0 Å². The van der Waals surface area contributed by atoms with E-state index in [1.54, 1.807) is 13.0 Å². The standard InChI is InChI=1S/C11H10N2O/c1-8(10(7-12)11(13)14)9-5-3-2-4-6-9/h2-6H,1H3,(H2,13,14). The van der Waals surface area contributed by atoms with Crippen LogP contribution in [-0.2, 0) is 4.79 Å². The van der Waals surface area contributed by atoms with Crippen molar-refractivity contribution in [1.82, 2.24) is 0 Å². The molecular formula is C11H10N2O. The predicted octanol–water partition coefficient (Wildman–Crippen LogP) is 1.47. The van der Waals surface area contributed by atoms with Crippen molar-refractivity contribution in [3.63, 3.8) is 0 Å². The van der Waals surface area contributed by atoms with E-state index in [9.17, 15) is 4.79 Å². The Labute approximate surface area is 82.5 Å². The highest BCUT2D eigenvalue weighted by molar-refractivity contribution is 6.03. The Kier molecular flexibility index (Phi) is 3.03. The maximum atomic E-state index is 10.9. The van der Waals surface area contributed by atoms with Crippen LogP contribution in [0.1, 0.15) is 12.5 Å². The second-order valence-corrected chi connectivity index (χ2v) is 2.84. The first-order chi connectivity index (χ1) is 6.66. The van der Waals surface area contributed by atoms with E-state index < -0.39 is 5.91 Å². The summed E-state index contributed by atoms with van der Waals surface area (Å²) in [6, 6.07) is 11.0. The van der Waals surface area contributed by atoms with Crippen molar-refractivity contribution in [2.24, 2.45) is 5.73 Å². The molecule has 0 spiro atoms. The van der Waals surface area contributed by atoms with Gasteiger partial charge in [0, 0.05) is 0 Å². The van der Waals surface area contributed by atoms with Gasteiger partial charge in [-0.15, -0.1) is 0 Å². The van der Waals surface area contributed by atoms with Gasteiger partial charge in [0.25, 0.3) is 5.91 Å². The topological polar surface area (TPSA) is 66.9 Å². The summed E-state index contributed by atoms with van der Waals surface area (Å²) < 4.78 is 0. The molecular weight excluding hydrogens is 176 g/mol. The molecule has 0 atom stereocenters. The molecule has 0 aliphatic heterocycles. The smallest absolute Gasteiger partial charge is 0.259 e. The maximum absolute atomic E-state index is 10.9. The number of benzene rings is 1. The molecule has 70 valence electrons. The van der Waals surface area contributed by atoms with E-state index in [0.717, 1.165) is 5.56 Å². The van der Waals surface area contributed by atoms with Crippen LogP contribution in [0.2, 0.25) is 0 Å². The molecule has 0 unspecified atom stereocenters. The molecule has 3 nitrogen and oxygen atoms in total. The van der Waals surface area contributed by atoms with Gasteiger partial charge in [-0.1, -0.05) is 30.3 Å². The number of allylic oxidation sites excluding steroid dienone is 1. The molecule has 1 aromatic carbocycles. The lowest BCUT2D eigenvalue weighted by Crippen LogP contribution is -2.13.